The third kappa shape index (κ3) is 3.94. The summed E-state index contributed by atoms with van der Waals surface area (Å²) >= 11 is 0. The lowest BCUT2D eigenvalue weighted by molar-refractivity contribution is -0.119. The number of carbonyl (C=O) groups is 2. The van der Waals surface area contributed by atoms with Crippen molar-refractivity contribution in [3.05, 3.63) is 54.7 Å². The quantitative estimate of drug-likeness (QED) is 0.678. The largest absolute Gasteiger partial charge is 0.452 e. The number of carbonyl (C=O) groups excluding carboxylic acids is 2. The Kier molecular flexibility index (Phi) is 5.07. The first-order valence-electron chi connectivity index (χ1n) is 8.00. The van der Waals surface area contributed by atoms with E-state index in [9.17, 15) is 9.59 Å². The van der Waals surface area contributed by atoms with Crippen molar-refractivity contribution in [2.24, 2.45) is 0 Å². The van der Waals surface area contributed by atoms with Crippen LogP contribution < -0.4 is 5.32 Å². The van der Waals surface area contributed by atoms with Crippen LogP contribution in [0.5, 0.6) is 0 Å². The number of rotatable bonds is 6. The van der Waals surface area contributed by atoms with Gasteiger partial charge in [0, 0.05) is 12.1 Å². The summed E-state index contributed by atoms with van der Waals surface area (Å²) in [7, 11) is 0. The van der Waals surface area contributed by atoms with Gasteiger partial charge in [-0.1, -0.05) is 0 Å². The van der Waals surface area contributed by atoms with Gasteiger partial charge in [-0.25, -0.2) is 19.1 Å². The maximum atomic E-state index is 12.1. The number of hydrogen-bond acceptors (Lipinski definition) is 6. The number of hydrogen-bond donors (Lipinski definition) is 1. The first kappa shape index (κ1) is 17.3. The van der Waals surface area contributed by atoms with Gasteiger partial charge in [0.05, 0.1) is 17.4 Å². The highest BCUT2D eigenvalue weighted by Crippen LogP contribution is 2.13. The molecule has 0 spiro atoms. The van der Waals surface area contributed by atoms with Crippen molar-refractivity contribution in [1.82, 2.24) is 24.5 Å². The molecule has 0 aliphatic rings. The predicted molar refractivity (Wildman–Crippen MR) is 92.9 cm³/mol. The van der Waals surface area contributed by atoms with Gasteiger partial charge in [0.15, 0.2) is 6.61 Å². The Morgan fingerprint density at radius 1 is 1.15 bits per heavy atom. The van der Waals surface area contributed by atoms with Crippen molar-refractivity contribution in [2.75, 3.05) is 11.9 Å². The molecular formula is C17H18N6O3. The predicted octanol–water partition coefficient (Wildman–Crippen LogP) is 1.84. The molecular weight excluding hydrogens is 336 g/mol. The third-order valence-electron chi connectivity index (χ3n) is 3.55. The van der Waals surface area contributed by atoms with E-state index in [1.165, 1.54) is 6.33 Å². The van der Waals surface area contributed by atoms with Crippen LogP contribution in [-0.4, -0.2) is 43.0 Å². The van der Waals surface area contributed by atoms with Gasteiger partial charge in [0.2, 0.25) is 0 Å². The third-order valence-corrected chi connectivity index (χ3v) is 3.55. The molecule has 0 fully saturated rings. The fourth-order valence-corrected chi connectivity index (χ4v) is 2.31. The topological polar surface area (TPSA) is 104 Å². The summed E-state index contributed by atoms with van der Waals surface area (Å²) < 4.78 is 8.29. The maximum absolute atomic E-state index is 12.1. The number of nitrogens with one attached hydrogen (secondary N) is 1. The van der Waals surface area contributed by atoms with E-state index in [1.54, 1.807) is 52.2 Å². The molecule has 3 aromatic rings. The molecule has 0 unspecified atom stereocenters. The minimum atomic E-state index is -0.581. The summed E-state index contributed by atoms with van der Waals surface area (Å²) in [5.41, 5.74) is 1.10. The van der Waals surface area contributed by atoms with Crippen molar-refractivity contribution >= 4 is 17.7 Å². The van der Waals surface area contributed by atoms with Crippen LogP contribution in [0.3, 0.4) is 0 Å². The molecule has 26 heavy (non-hydrogen) atoms. The summed E-state index contributed by atoms with van der Waals surface area (Å²) in [6, 6.07) is 8.42. The summed E-state index contributed by atoms with van der Waals surface area (Å²) in [5.74, 6) is -0.458. The van der Waals surface area contributed by atoms with E-state index >= 15 is 0 Å². The molecule has 2 aromatic heterocycles. The molecule has 0 bridgehead atoms. The van der Waals surface area contributed by atoms with Crippen LogP contribution in [-0.2, 0) is 9.53 Å². The molecule has 1 aromatic carbocycles. The second kappa shape index (κ2) is 7.60. The first-order valence-corrected chi connectivity index (χ1v) is 8.00. The van der Waals surface area contributed by atoms with Crippen molar-refractivity contribution in [3.63, 3.8) is 0 Å². The Morgan fingerprint density at radius 3 is 2.58 bits per heavy atom. The molecule has 0 atom stereocenters. The Labute approximate surface area is 149 Å². The fourth-order valence-electron chi connectivity index (χ4n) is 2.31. The van der Waals surface area contributed by atoms with E-state index in [2.05, 4.69) is 20.5 Å². The summed E-state index contributed by atoms with van der Waals surface area (Å²) in [4.78, 5) is 27.9. The Bertz CT molecular complexity index is 884. The van der Waals surface area contributed by atoms with E-state index in [4.69, 9.17) is 4.74 Å². The van der Waals surface area contributed by atoms with Gasteiger partial charge in [-0.05, 0) is 38.1 Å². The van der Waals surface area contributed by atoms with Crippen LogP contribution in [0.15, 0.2) is 49.2 Å². The minimum absolute atomic E-state index is 0.103. The molecule has 0 aliphatic carbocycles. The van der Waals surface area contributed by atoms with Crippen LogP contribution in [0, 0.1) is 0 Å². The lowest BCUT2D eigenvalue weighted by atomic mass is 10.2. The van der Waals surface area contributed by atoms with E-state index in [1.807, 2.05) is 13.8 Å². The number of aromatic nitrogens is 5. The standard InChI is InChI=1S/C17H18N6O3/c1-12(2)23-15(7-8-19-23)21-16(24)9-26-17(25)13-3-5-14(6-4-13)22-11-18-10-20-22/h3-8,10-12H,9H2,1-2H3,(H,21,24). The van der Waals surface area contributed by atoms with Crippen molar-refractivity contribution < 1.29 is 14.3 Å². The maximum Gasteiger partial charge on any atom is 0.338 e. The van der Waals surface area contributed by atoms with Crippen LogP contribution in [0.1, 0.15) is 30.2 Å². The summed E-state index contributed by atoms with van der Waals surface area (Å²) in [6.07, 6.45) is 4.57. The van der Waals surface area contributed by atoms with Gasteiger partial charge in [-0.2, -0.15) is 10.2 Å². The minimum Gasteiger partial charge on any atom is -0.452 e. The second-order valence-electron chi connectivity index (χ2n) is 5.77. The lowest BCUT2D eigenvalue weighted by Gasteiger charge is -2.12. The van der Waals surface area contributed by atoms with Gasteiger partial charge >= 0.3 is 5.97 Å². The van der Waals surface area contributed by atoms with Gasteiger partial charge < -0.3 is 10.1 Å². The molecule has 2 heterocycles. The number of ether oxygens (including phenoxy) is 1. The van der Waals surface area contributed by atoms with E-state index < -0.39 is 11.9 Å². The van der Waals surface area contributed by atoms with Gasteiger partial charge in [-0.3, -0.25) is 4.79 Å². The van der Waals surface area contributed by atoms with Gasteiger partial charge in [0.25, 0.3) is 5.91 Å². The monoisotopic (exact) mass is 354 g/mol. The molecule has 0 saturated carbocycles. The Hall–Kier alpha value is -3.49. The number of amides is 1. The number of benzene rings is 1. The fraction of sp³-hybridized carbons (Fsp3) is 0.235. The van der Waals surface area contributed by atoms with Gasteiger partial charge in [0.1, 0.15) is 18.5 Å². The molecule has 1 N–H and O–H groups in total. The summed E-state index contributed by atoms with van der Waals surface area (Å²) in [5, 5.41) is 10.8. The molecule has 3 rings (SSSR count). The molecule has 1 amide bonds. The number of anilines is 1. The van der Waals surface area contributed by atoms with Crippen LogP contribution in [0.2, 0.25) is 0 Å². The highest BCUT2D eigenvalue weighted by molar-refractivity contribution is 5.95. The van der Waals surface area contributed by atoms with Gasteiger partial charge in [-0.15, -0.1) is 0 Å². The number of esters is 1. The average Bonchev–Trinajstić information content (AvgIpc) is 3.31. The van der Waals surface area contributed by atoms with Crippen molar-refractivity contribution in [1.29, 1.82) is 0 Å². The van der Waals surface area contributed by atoms with Crippen molar-refractivity contribution in [2.45, 2.75) is 19.9 Å². The Morgan fingerprint density at radius 2 is 1.92 bits per heavy atom. The molecule has 0 radical (unpaired) electrons. The first-order chi connectivity index (χ1) is 12.5. The molecule has 0 saturated heterocycles. The molecule has 9 heteroatoms. The van der Waals surface area contributed by atoms with Crippen LogP contribution >= 0.6 is 0 Å². The highest BCUT2D eigenvalue weighted by Gasteiger charge is 2.13. The molecule has 134 valence electrons. The SMILES string of the molecule is CC(C)n1nccc1NC(=O)COC(=O)c1ccc(-n2cncn2)cc1. The van der Waals surface area contributed by atoms with Crippen LogP contribution in [0.25, 0.3) is 5.69 Å². The van der Waals surface area contributed by atoms with E-state index in [-0.39, 0.29) is 12.6 Å². The molecule has 0 aliphatic heterocycles. The normalized spacial score (nSPS) is 10.7. The van der Waals surface area contributed by atoms with Crippen LogP contribution in [0.4, 0.5) is 5.82 Å². The number of nitrogens with zero attached hydrogens (tertiary/aromatic N) is 5. The highest BCUT2D eigenvalue weighted by atomic mass is 16.5. The zero-order valence-corrected chi connectivity index (χ0v) is 14.4. The Balaban J connectivity index is 1.55. The smallest absolute Gasteiger partial charge is 0.338 e. The zero-order chi connectivity index (χ0) is 18.5. The van der Waals surface area contributed by atoms with E-state index in [0.717, 1.165) is 5.69 Å². The lowest BCUT2D eigenvalue weighted by Crippen LogP contribution is -2.23. The average molecular weight is 354 g/mol. The summed E-state index contributed by atoms with van der Waals surface area (Å²) in [6.45, 7) is 3.52. The van der Waals surface area contributed by atoms with Crippen molar-refractivity contribution in [3.8, 4) is 5.69 Å². The zero-order valence-electron chi connectivity index (χ0n) is 14.4. The molecule has 9 nitrogen and oxygen atoms in total. The second-order valence-corrected chi connectivity index (χ2v) is 5.77. The van der Waals surface area contributed by atoms with E-state index in [0.29, 0.717) is 11.4 Å².